The van der Waals surface area contributed by atoms with Crippen LogP contribution in [0.5, 0.6) is 0 Å². The molecule has 1 atom stereocenters. The van der Waals surface area contributed by atoms with E-state index in [0.717, 1.165) is 25.3 Å². The molecule has 2 heterocycles. The molecular weight excluding hydrogens is 230 g/mol. The molecule has 1 aromatic rings. The number of nitrogens with one attached hydrogen (secondary N) is 1. The van der Waals surface area contributed by atoms with Crippen LogP contribution in [-0.4, -0.2) is 34.6 Å². The number of nitrogens with zero attached hydrogens (tertiary/aromatic N) is 2. The number of thiazole rings is 1. The summed E-state index contributed by atoms with van der Waals surface area (Å²) in [6.45, 7) is 12.1. The van der Waals surface area contributed by atoms with Gasteiger partial charge in [0.15, 0.2) is 0 Å². The van der Waals surface area contributed by atoms with Gasteiger partial charge in [0.1, 0.15) is 5.01 Å². The molecule has 0 aromatic carbocycles. The second-order valence-electron chi connectivity index (χ2n) is 5.56. The van der Waals surface area contributed by atoms with E-state index in [1.165, 1.54) is 11.4 Å². The van der Waals surface area contributed by atoms with Crippen molar-refractivity contribution in [2.45, 2.75) is 52.2 Å². The second kappa shape index (κ2) is 5.04. The molecule has 0 saturated carbocycles. The maximum atomic E-state index is 4.58. The molecule has 3 nitrogen and oxygen atoms in total. The highest BCUT2D eigenvalue weighted by molar-refractivity contribution is 7.09. The number of rotatable bonds is 3. The normalized spacial score (nSPS) is 25.1. The van der Waals surface area contributed by atoms with Gasteiger partial charge < -0.3 is 5.32 Å². The average Bonchev–Trinajstić information content (AvgIpc) is 2.67. The van der Waals surface area contributed by atoms with Gasteiger partial charge in [-0.1, -0.05) is 6.92 Å². The van der Waals surface area contributed by atoms with Crippen LogP contribution in [0, 0.1) is 6.92 Å². The first kappa shape index (κ1) is 13.0. The van der Waals surface area contributed by atoms with E-state index in [1.807, 2.05) is 0 Å². The first-order valence-electron chi connectivity index (χ1n) is 6.40. The Kier molecular flexibility index (Phi) is 3.85. The van der Waals surface area contributed by atoms with E-state index in [9.17, 15) is 0 Å². The molecule has 2 rings (SSSR count). The van der Waals surface area contributed by atoms with Crippen molar-refractivity contribution in [3.63, 3.8) is 0 Å². The van der Waals surface area contributed by atoms with E-state index in [0.29, 0.717) is 6.04 Å². The fourth-order valence-corrected chi connectivity index (χ4v) is 3.06. The van der Waals surface area contributed by atoms with Crippen LogP contribution in [0.2, 0.25) is 0 Å². The molecule has 0 bridgehead atoms. The van der Waals surface area contributed by atoms with Gasteiger partial charge in [0, 0.05) is 35.7 Å². The zero-order valence-corrected chi connectivity index (χ0v) is 12.1. The average molecular weight is 253 g/mol. The Morgan fingerprint density at radius 2 is 2.35 bits per heavy atom. The van der Waals surface area contributed by atoms with Gasteiger partial charge in [-0.3, -0.25) is 4.90 Å². The number of aromatic nitrogens is 1. The van der Waals surface area contributed by atoms with E-state index in [4.69, 9.17) is 0 Å². The fraction of sp³-hybridized carbons (Fsp3) is 0.769. The highest BCUT2D eigenvalue weighted by Crippen LogP contribution is 2.23. The van der Waals surface area contributed by atoms with Crippen LogP contribution in [0.3, 0.4) is 0 Å². The third kappa shape index (κ3) is 3.06. The molecule has 1 unspecified atom stereocenters. The first-order chi connectivity index (χ1) is 8.01. The van der Waals surface area contributed by atoms with Crippen LogP contribution in [-0.2, 0) is 6.54 Å². The Balaban J connectivity index is 2.05. The Hall–Kier alpha value is -0.450. The van der Waals surface area contributed by atoms with Crippen LogP contribution in [0.15, 0.2) is 5.38 Å². The summed E-state index contributed by atoms with van der Waals surface area (Å²) >= 11 is 1.78. The van der Waals surface area contributed by atoms with Gasteiger partial charge in [0.25, 0.3) is 0 Å². The van der Waals surface area contributed by atoms with Crippen molar-refractivity contribution in [2.24, 2.45) is 0 Å². The lowest BCUT2D eigenvalue weighted by atomic mass is 9.96. The number of hydrogen-bond donors (Lipinski definition) is 1. The van der Waals surface area contributed by atoms with Gasteiger partial charge >= 0.3 is 0 Å². The number of aryl methyl sites for hydroxylation is 1. The Labute approximate surface area is 108 Å². The molecule has 1 N–H and O–H groups in total. The zero-order valence-electron chi connectivity index (χ0n) is 11.3. The minimum atomic E-state index is 0.227. The van der Waals surface area contributed by atoms with Crippen molar-refractivity contribution >= 4 is 11.3 Å². The lowest BCUT2D eigenvalue weighted by molar-refractivity contribution is 0.0576. The highest BCUT2D eigenvalue weighted by Gasteiger charge is 2.33. The Morgan fingerprint density at radius 3 is 2.94 bits per heavy atom. The predicted molar refractivity (Wildman–Crippen MR) is 73.4 cm³/mol. The maximum Gasteiger partial charge on any atom is 0.107 e. The summed E-state index contributed by atoms with van der Waals surface area (Å²) in [6, 6.07) is 0.629. The third-order valence-electron chi connectivity index (χ3n) is 3.61. The molecule has 17 heavy (non-hydrogen) atoms. The highest BCUT2D eigenvalue weighted by atomic mass is 32.1. The van der Waals surface area contributed by atoms with Crippen LogP contribution in [0.25, 0.3) is 0 Å². The van der Waals surface area contributed by atoms with Crippen molar-refractivity contribution in [1.29, 1.82) is 0 Å². The lowest BCUT2D eigenvalue weighted by Crippen LogP contribution is -2.61. The van der Waals surface area contributed by atoms with E-state index in [-0.39, 0.29) is 5.54 Å². The smallest absolute Gasteiger partial charge is 0.107 e. The van der Waals surface area contributed by atoms with Crippen LogP contribution >= 0.6 is 11.3 Å². The first-order valence-corrected chi connectivity index (χ1v) is 7.28. The maximum absolute atomic E-state index is 4.58. The Bertz CT molecular complexity index is 372. The number of hydrogen-bond acceptors (Lipinski definition) is 4. The van der Waals surface area contributed by atoms with Crippen LogP contribution in [0.1, 0.15) is 37.9 Å². The SMILES string of the molecule is CCC1CN(Cc2nc(C)cs2)C(C)(C)CN1. The van der Waals surface area contributed by atoms with Crippen molar-refractivity contribution < 1.29 is 0 Å². The molecule has 0 aliphatic carbocycles. The fourth-order valence-electron chi connectivity index (χ4n) is 2.27. The standard InChI is InChI=1S/C13H23N3S/c1-5-11-6-16(13(3,4)9-14-11)7-12-15-10(2)8-17-12/h8,11,14H,5-7,9H2,1-4H3. The third-order valence-corrected chi connectivity index (χ3v) is 4.56. The Morgan fingerprint density at radius 1 is 1.59 bits per heavy atom. The molecular formula is C13H23N3S. The minimum absolute atomic E-state index is 0.227. The molecule has 96 valence electrons. The molecule has 0 amide bonds. The van der Waals surface area contributed by atoms with Gasteiger partial charge in [0.05, 0.1) is 6.54 Å². The van der Waals surface area contributed by atoms with Crippen LogP contribution < -0.4 is 5.32 Å². The largest absolute Gasteiger partial charge is 0.311 e. The molecule has 1 fully saturated rings. The summed E-state index contributed by atoms with van der Waals surface area (Å²) in [6.07, 6.45) is 1.20. The molecule has 1 aliphatic rings. The summed E-state index contributed by atoms with van der Waals surface area (Å²) in [7, 11) is 0. The van der Waals surface area contributed by atoms with Crippen molar-refractivity contribution in [3.8, 4) is 0 Å². The van der Waals surface area contributed by atoms with E-state index in [1.54, 1.807) is 11.3 Å². The minimum Gasteiger partial charge on any atom is -0.311 e. The monoisotopic (exact) mass is 253 g/mol. The lowest BCUT2D eigenvalue weighted by Gasteiger charge is -2.45. The summed E-state index contributed by atoms with van der Waals surface area (Å²) in [5.74, 6) is 0. The van der Waals surface area contributed by atoms with Gasteiger partial charge in [-0.25, -0.2) is 4.98 Å². The van der Waals surface area contributed by atoms with Crippen molar-refractivity contribution in [1.82, 2.24) is 15.2 Å². The summed E-state index contributed by atoms with van der Waals surface area (Å²) in [5.41, 5.74) is 1.37. The molecule has 4 heteroatoms. The van der Waals surface area contributed by atoms with Gasteiger partial charge in [-0.15, -0.1) is 11.3 Å². The van der Waals surface area contributed by atoms with E-state index in [2.05, 4.69) is 48.3 Å². The van der Waals surface area contributed by atoms with Crippen molar-refractivity contribution in [2.75, 3.05) is 13.1 Å². The van der Waals surface area contributed by atoms with Crippen molar-refractivity contribution in [3.05, 3.63) is 16.1 Å². The molecule has 1 saturated heterocycles. The summed E-state index contributed by atoms with van der Waals surface area (Å²) < 4.78 is 0. The molecule has 1 aromatic heterocycles. The molecule has 0 spiro atoms. The summed E-state index contributed by atoms with van der Waals surface area (Å²) in [4.78, 5) is 7.14. The van der Waals surface area contributed by atoms with E-state index < -0.39 is 0 Å². The number of piperazine rings is 1. The zero-order chi connectivity index (χ0) is 12.5. The topological polar surface area (TPSA) is 28.2 Å². The predicted octanol–water partition coefficient (Wildman–Crippen LogP) is 2.41. The van der Waals surface area contributed by atoms with Gasteiger partial charge in [0.2, 0.25) is 0 Å². The molecule has 1 aliphatic heterocycles. The van der Waals surface area contributed by atoms with Crippen LogP contribution in [0.4, 0.5) is 0 Å². The van der Waals surface area contributed by atoms with Gasteiger partial charge in [-0.2, -0.15) is 0 Å². The molecule has 0 radical (unpaired) electrons. The quantitative estimate of drug-likeness (QED) is 0.896. The van der Waals surface area contributed by atoms with Gasteiger partial charge in [-0.05, 0) is 27.2 Å². The second-order valence-corrected chi connectivity index (χ2v) is 6.50. The summed E-state index contributed by atoms with van der Waals surface area (Å²) in [5, 5.41) is 7.00. The van der Waals surface area contributed by atoms with E-state index >= 15 is 0 Å².